The topological polar surface area (TPSA) is 64.0 Å². The number of carbonyl (C=O) groups excluding carboxylic acids is 1. The van der Waals surface area contributed by atoms with E-state index >= 15 is 0 Å². The highest BCUT2D eigenvalue weighted by Crippen LogP contribution is 2.07. The van der Waals surface area contributed by atoms with Gasteiger partial charge in [-0.2, -0.15) is 5.10 Å². The number of hydrogen-bond donors (Lipinski definition) is 1. The van der Waals surface area contributed by atoms with Crippen LogP contribution in [0, 0.1) is 0 Å². The SMILES string of the molecule is CCCCCCC(C)NC(=O)Cn1ncc2ccccc2c1=O. The van der Waals surface area contributed by atoms with E-state index in [0.717, 1.165) is 18.2 Å². The summed E-state index contributed by atoms with van der Waals surface area (Å²) in [5.74, 6) is -0.169. The van der Waals surface area contributed by atoms with Gasteiger partial charge >= 0.3 is 0 Å². The Kier molecular flexibility index (Phi) is 6.32. The van der Waals surface area contributed by atoms with Gasteiger partial charge in [-0.3, -0.25) is 9.59 Å². The molecule has 1 N–H and O–H groups in total. The van der Waals surface area contributed by atoms with Gasteiger partial charge in [0.15, 0.2) is 0 Å². The summed E-state index contributed by atoms with van der Waals surface area (Å²) in [5.41, 5.74) is -0.228. The summed E-state index contributed by atoms with van der Waals surface area (Å²) in [7, 11) is 0. The van der Waals surface area contributed by atoms with Crippen LogP contribution < -0.4 is 10.9 Å². The third-order valence-electron chi connectivity index (χ3n) is 3.95. The second-order valence-electron chi connectivity index (χ2n) is 6.01. The third kappa shape index (κ3) is 4.91. The molecule has 5 heteroatoms. The molecule has 2 rings (SSSR count). The average Bonchev–Trinajstić information content (AvgIpc) is 2.54. The first-order valence-electron chi connectivity index (χ1n) is 8.36. The van der Waals surface area contributed by atoms with Crippen LogP contribution in [0.1, 0.15) is 46.0 Å². The smallest absolute Gasteiger partial charge is 0.275 e. The van der Waals surface area contributed by atoms with Crippen molar-refractivity contribution < 1.29 is 4.79 Å². The lowest BCUT2D eigenvalue weighted by atomic mass is 10.1. The summed E-state index contributed by atoms with van der Waals surface area (Å²) in [6.07, 6.45) is 7.34. The Bertz CT molecular complexity index is 709. The minimum atomic E-state index is -0.228. The van der Waals surface area contributed by atoms with Gasteiger partial charge in [-0.15, -0.1) is 0 Å². The highest BCUT2D eigenvalue weighted by molar-refractivity contribution is 5.81. The maximum absolute atomic E-state index is 12.3. The molecule has 1 unspecified atom stereocenters. The van der Waals surface area contributed by atoms with Gasteiger partial charge in [-0.25, -0.2) is 4.68 Å². The largest absolute Gasteiger partial charge is 0.352 e. The van der Waals surface area contributed by atoms with Crippen molar-refractivity contribution in [2.75, 3.05) is 0 Å². The zero-order chi connectivity index (χ0) is 16.7. The van der Waals surface area contributed by atoms with Gasteiger partial charge in [0.25, 0.3) is 5.56 Å². The molecule has 23 heavy (non-hydrogen) atoms. The molecule has 1 aromatic heterocycles. The normalized spacial score (nSPS) is 12.3. The van der Waals surface area contributed by atoms with Gasteiger partial charge in [0.1, 0.15) is 6.54 Å². The van der Waals surface area contributed by atoms with Gasteiger partial charge in [-0.1, -0.05) is 50.8 Å². The van der Waals surface area contributed by atoms with Crippen molar-refractivity contribution in [1.82, 2.24) is 15.1 Å². The predicted molar refractivity (Wildman–Crippen MR) is 92.4 cm³/mol. The minimum Gasteiger partial charge on any atom is -0.352 e. The molecule has 1 amide bonds. The van der Waals surface area contributed by atoms with Crippen molar-refractivity contribution in [2.24, 2.45) is 0 Å². The first-order chi connectivity index (χ1) is 11.1. The van der Waals surface area contributed by atoms with Crippen LogP contribution in [0.25, 0.3) is 10.8 Å². The molecule has 1 heterocycles. The van der Waals surface area contributed by atoms with Gasteiger partial charge in [0.2, 0.25) is 5.91 Å². The molecule has 1 atom stereocenters. The number of nitrogens with one attached hydrogen (secondary N) is 1. The van der Waals surface area contributed by atoms with Crippen LogP contribution in [-0.4, -0.2) is 21.7 Å². The van der Waals surface area contributed by atoms with Crippen molar-refractivity contribution in [3.05, 3.63) is 40.8 Å². The van der Waals surface area contributed by atoms with Crippen LogP contribution in [0.15, 0.2) is 35.3 Å². The van der Waals surface area contributed by atoms with Crippen LogP contribution in [0.5, 0.6) is 0 Å². The number of aromatic nitrogens is 2. The van der Waals surface area contributed by atoms with Crippen LogP contribution in [-0.2, 0) is 11.3 Å². The Morgan fingerprint density at radius 3 is 2.83 bits per heavy atom. The van der Waals surface area contributed by atoms with Gasteiger partial charge in [0, 0.05) is 11.4 Å². The summed E-state index contributed by atoms with van der Waals surface area (Å²) in [6, 6.07) is 7.39. The van der Waals surface area contributed by atoms with Crippen LogP contribution >= 0.6 is 0 Å². The van der Waals surface area contributed by atoms with Crippen molar-refractivity contribution in [2.45, 2.75) is 58.5 Å². The van der Waals surface area contributed by atoms with Gasteiger partial charge in [-0.05, 0) is 19.4 Å². The number of hydrogen-bond acceptors (Lipinski definition) is 3. The molecule has 0 aliphatic heterocycles. The molecular weight excluding hydrogens is 290 g/mol. The maximum Gasteiger partial charge on any atom is 0.275 e. The van der Waals surface area contributed by atoms with Crippen LogP contribution in [0.4, 0.5) is 0 Å². The summed E-state index contributed by atoms with van der Waals surface area (Å²) in [4.78, 5) is 24.4. The second-order valence-corrected chi connectivity index (χ2v) is 6.01. The molecule has 0 aliphatic carbocycles. The first-order valence-corrected chi connectivity index (χ1v) is 8.36. The van der Waals surface area contributed by atoms with E-state index in [1.54, 1.807) is 12.3 Å². The van der Waals surface area contributed by atoms with Gasteiger partial charge in [0.05, 0.1) is 11.6 Å². The lowest BCUT2D eigenvalue weighted by Crippen LogP contribution is -2.38. The van der Waals surface area contributed by atoms with Crippen LogP contribution in [0.3, 0.4) is 0 Å². The van der Waals surface area contributed by atoms with E-state index in [2.05, 4.69) is 17.3 Å². The zero-order valence-electron chi connectivity index (χ0n) is 13.9. The summed E-state index contributed by atoms with van der Waals surface area (Å²) < 4.78 is 1.22. The highest BCUT2D eigenvalue weighted by atomic mass is 16.2. The molecule has 0 saturated carbocycles. The van der Waals surface area contributed by atoms with E-state index < -0.39 is 0 Å². The average molecular weight is 315 g/mol. The number of rotatable bonds is 8. The molecule has 124 valence electrons. The highest BCUT2D eigenvalue weighted by Gasteiger charge is 2.10. The quantitative estimate of drug-likeness (QED) is 0.762. The minimum absolute atomic E-state index is 0.0387. The molecule has 0 aliphatic rings. The Balaban J connectivity index is 1.93. The molecule has 0 radical (unpaired) electrons. The monoisotopic (exact) mass is 315 g/mol. The Labute approximate surface area is 136 Å². The van der Waals surface area contributed by atoms with E-state index in [0.29, 0.717) is 5.39 Å². The van der Waals surface area contributed by atoms with E-state index in [9.17, 15) is 9.59 Å². The number of benzene rings is 1. The third-order valence-corrected chi connectivity index (χ3v) is 3.95. The van der Waals surface area contributed by atoms with E-state index in [-0.39, 0.29) is 24.1 Å². The Morgan fingerprint density at radius 1 is 1.26 bits per heavy atom. The molecule has 1 aromatic carbocycles. The van der Waals surface area contributed by atoms with Gasteiger partial charge < -0.3 is 5.32 Å². The molecule has 0 saturated heterocycles. The van der Waals surface area contributed by atoms with E-state index in [1.165, 1.54) is 23.9 Å². The van der Waals surface area contributed by atoms with E-state index in [1.807, 2.05) is 25.1 Å². The van der Waals surface area contributed by atoms with Crippen molar-refractivity contribution in [3.63, 3.8) is 0 Å². The Hall–Kier alpha value is -2.17. The number of carbonyl (C=O) groups is 1. The summed E-state index contributed by atoms with van der Waals surface area (Å²) >= 11 is 0. The number of nitrogens with zero attached hydrogens (tertiary/aromatic N) is 2. The zero-order valence-corrected chi connectivity index (χ0v) is 13.9. The molecule has 0 fully saturated rings. The number of amides is 1. The molecule has 0 spiro atoms. The lowest BCUT2D eigenvalue weighted by Gasteiger charge is -2.14. The number of fused-ring (bicyclic) bond motifs is 1. The van der Waals surface area contributed by atoms with Crippen molar-refractivity contribution in [3.8, 4) is 0 Å². The number of unbranched alkanes of at least 4 members (excludes halogenated alkanes) is 3. The fraction of sp³-hybridized carbons (Fsp3) is 0.500. The maximum atomic E-state index is 12.3. The molecule has 0 bridgehead atoms. The lowest BCUT2D eigenvalue weighted by molar-refractivity contribution is -0.122. The summed E-state index contributed by atoms with van der Waals surface area (Å²) in [5, 5.41) is 8.40. The second kappa shape index (κ2) is 8.46. The molecular formula is C18H25N3O2. The fourth-order valence-electron chi connectivity index (χ4n) is 2.65. The molecule has 5 nitrogen and oxygen atoms in total. The standard InChI is InChI=1S/C18H25N3O2/c1-3-4-5-6-9-14(2)20-17(22)13-21-18(23)16-11-8-7-10-15(16)12-19-21/h7-8,10-12,14H,3-6,9,13H2,1-2H3,(H,20,22). The fourth-order valence-corrected chi connectivity index (χ4v) is 2.65. The first kappa shape index (κ1) is 17.2. The summed E-state index contributed by atoms with van der Waals surface area (Å²) in [6.45, 7) is 4.14. The van der Waals surface area contributed by atoms with Crippen molar-refractivity contribution >= 4 is 16.7 Å². The molecule has 2 aromatic rings. The van der Waals surface area contributed by atoms with Crippen LogP contribution in [0.2, 0.25) is 0 Å². The predicted octanol–water partition coefficient (Wildman–Crippen LogP) is 2.87. The van der Waals surface area contributed by atoms with E-state index in [4.69, 9.17) is 0 Å². The van der Waals surface area contributed by atoms with Crippen molar-refractivity contribution in [1.29, 1.82) is 0 Å². The Morgan fingerprint density at radius 2 is 2.04 bits per heavy atom.